The highest BCUT2D eigenvalue weighted by molar-refractivity contribution is 6.18. The van der Waals surface area contributed by atoms with Crippen LogP contribution in [0.2, 0.25) is 0 Å². The number of hydrogen-bond acceptors (Lipinski definition) is 2. The van der Waals surface area contributed by atoms with Crippen LogP contribution in [0, 0.1) is 0 Å². The van der Waals surface area contributed by atoms with Gasteiger partial charge in [-0.15, -0.1) is 0 Å². The molecule has 276 valence electrons. The summed E-state index contributed by atoms with van der Waals surface area (Å²) in [5.74, 6) is 0. The van der Waals surface area contributed by atoms with E-state index in [2.05, 4.69) is 216 Å². The van der Waals surface area contributed by atoms with Crippen molar-refractivity contribution in [2.24, 2.45) is 0 Å². The number of fused-ring (bicyclic) bond motifs is 8. The van der Waals surface area contributed by atoms with Gasteiger partial charge < -0.3 is 13.9 Å². The number of furan rings is 1. The summed E-state index contributed by atoms with van der Waals surface area (Å²) in [6.07, 6.45) is 0. The lowest BCUT2D eigenvalue weighted by Crippen LogP contribution is -2.11. The van der Waals surface area contributed by atoms with Crippen molar-refractivity contribution in [2.45, 2.75) is 0 Å². The number of aromatic nitrogens is 1. The molecule has 0 aliphatic heterocycles. The second-order valence-electron chi connectivity index (χ2n) is 15.3. The topological polar surface area (TPSA) is 21.3 Å². The first-order valence-electron chi connectivity index (χ1n) is 20.2. The molecule has 0 aliphatic rings. The smallest absolute Gasteiger partial charge is 0.135 e. The van der Waals surface area contributed by atoms with Crippen molar-refractivity contribution in [1.82, 2.24) is 4.57 Å². The fourth-order valence-electron chi connectivity index (χ4n) is 9.27. The minimum absolute atomic E-state index is 0.874. The molecule has 12 rings (SSSR count). The molecule has 0 aliphatic carbocycles. The van der Waals surface area contributed by atoms with E-state index < -0.39 is 0 Å². The van der Waals surface area contributed by atoms with Crippen LogP contribution < -0.4 is 4.90 Å². The van der Waals surface area contributed by atoms with Crippen molar-refractivity contribution < 1.29 is 4.42 Å². The Hall–Kier alpha value is -7.88. The van der Waals surface area contributed by atoms with E-state index in [1.807, 2.05) is 12.1 Å². The zero-order valence-electron chi connectivity index (χ0n) is 32.1. The van der Waals surface area contributed by atoms with Crippen LogP contribution in [0.25, 0.3) is 93.2 Å². The molecule has 0 saturated heterocycles. The van der Waals surface area contributed by atoms with Crippen LogP contribution in [0.15, 0.2) is 223 Å². The first-order valence-corrected chi connectivity index (χ1v) is 20.2. The number of nitrogens with zero attached hydrogens (tertiary/aromatic N) is 2. The molecular weight excluding hydrogens is 717 g/mol. The number of anilines is 3. The van der Waals surface area contributed by atoms with Crippen molar-refractivity contribution in [1.29, 1.82) is 0 Å². The molecule has 59 heavy (non-hydrogen) atoms. The number of para-hydroxylation sites is 3. The van der Waals surface area contributed by atoms with Gasteiger partial charge in [-0.3, -0.25) is 0 Å². The van der Waals surface area contributed by atoms with Gasteiger partial charge in [0.1, 0.15) is 11.2 Å². The normalized spacial score (nSPS) is 11.7. The van der Waals surface area contributed by atoms with Crippen LogP contribution in [0.4, 0.5) is 17.1 Å². The Bertz CT molecular complexity index is 3540. The third-order valence-corrected chi connectivity index (χ3v) is 11.9. The van der Waals surface area contributed by atoms with E-state index in [9.17, 15) is 0 Å². The molecule has 12 aromatic rings. The fraction of sp³-hybridized carbons (Fsp3) is 0. The Morgan fingerprint density at radius 1 is 0.373 bits per heavy atom. The van der Waals surface area contributed by atoms with Crippen LogP contribution in [0.5, 0.6) is 0 Å². The molecule has 3 nitrogen and oxygen atoms in total. The highest BCUT2D eigenvalue weighted by atomic mass is 16.3. The van der Waals surface area contributed by atoms with Gasteiger partial charge in [-0.2, -0.15) is 0 Å². The van der Waals surface area contributed by atoms with Crippen LogP contribution in [0.1, 0.15) is 0 Å². The van der Waals surface area contributed by atoms with E-state index in [0.29, 0.717) is 0 Å². The third kappa shape index (κ3) is 5.36. The van der Waals surface area contributed by atoms with Gasteiger partial charge in [0.15, 0.2) is 0 Å². The number of hydrogen-bond donors (Lipinski definition) is 0. The summed E-state index contributed by atoms with van der Waals surface area (Å²) < 4.78 is 8.79. The minimum Gasteiger partial charge on any atom is -0.456 e. The molecule has 0 unspecified atom stereocenters. The average Bonchev–Trinajstić information content (AvgIpc) is 3.84. The first kappa shape index (κ1) is 33.3. The molecule has 2 heterocycles. The zero-order chi connectivity index (χ0) is 38.9. The highest BCUT2D eigenvalue weighted by Crippen LogP contribution is 2.46. The predicted octanol–water partition coefficient (Wildman–Crippen LogP) is 15.8. The van der Waals surface area contributed by atoms with Crippen molar-refractivity contribution in [2.75, 3.05) is 4.90 Å². The quantitative estimate of drug-likeness (QED) is 0.169. The van der Waals surface area contributed by atoms with Gasteiger partial charge in [-0.25, -0.2) is 0 Å². The van der Waals surface area contributed by atoms with Gasteiger partial charge in [0.2, 0.25) is 0 Å². The molecule has 2 aromatic heterocycles. The zero-order valence-corrected chi connectivity index (χ0v) is 32.1. The molecule has 10 aromatic carbocycles. The van der Waals surface area contributed by atoms with E-state index in [1.54, 1.807) is 0 Å². The van der Waals surface area contributed by atoms with Crippen molar-refractivity contribution in [3.05, 3.63) is 218 Å². The van der Waals surface area contributed by atoms with E-state index in [1.165, 1.54) is 60.1 Å². The summed E-state index contributed by atoms with van der Waals surface area (Å²) in [5.41, 5.74) is 13.2. The molecule has 0 amide bonds. The fourth-order valence-corrected chi connectivity index (χ4v) is 9.27. The lowest BCUT2D eigenvalue weighted by molar-refractivity contribution is 0.669. The molecule has 3 heteroatoms. The van der Waals surface area contributed by atoms with Gasteiger partial charge in [0, 0.05) is 38.6 Å². The summed E-state index contributed by atoms with van der Waals surface area (Å²) in [5, 5.41) is 9.55. The minimum atomic E-state index is 0.874. The summed E-state index contributed by atoms with van der Waals surface area (Å²) in [6, 6.07) is 78.9. The van der Waals surface area contributed by atoms with Gasteiger partial charge >= 0.3 is 0 Å². The van der Waals surface area contributed by atoms with Crippen molar-refractivity contribution in [3.63, 3.8) is 0 Å². The van der Waals surface area contributed by atoms with Crippen LogP contribution in [-0.2, 0) is 0 Å². The Morgan fingerprint density at radius 2 is 0.966 bits per heavy atom. The Kier molecular flexibility index (Phi) is 7.54. The Balaban J connectivity index is 1.12. The maximum absolute atomic E-state index is 6.34. The molecule has 0 bridgehead atoms. The van der Waals surface area contributed by atoms with E-state index in [0.717, 1.165) is 50.2 Å². The predicted molar refractivity (Wildman–Crippen MR) is 249 cm³/mol. The molecule has 0 N–H and O–H groups in total. The first-order chi connectivity index (χ1) is 29.3. The summed E-state index contributed by atoms with van der Waals surface area (Å²) >= 11 is 0. The summed E-state index contributed by atoms with van der Waals surface area (Å²) in [6.45, 7) is 0. The monoisotopic (exact) mass is 752 g/mol. The molecule has 0 radical (unpaired) electrons. The molecule has 0 spiro atoms. The summed E-state index contributed by atoms with van der Waals surface area (Å²) in [4.78, 5) is 2.42. The van der Waals surface area contributed by atoms with Gasteiger partial charge in [0.25, 0.3) is 0 Å². The summed E-state index contributed by atoms with van der Waals surface area (Å²) in [7, 11) is 0. The number of rotatable bonds is 6. The molecule has 0 saturated carbocycles. The van der Waals surface area contributed by atoms with Crippen LogP contribution in [0.3, 0.4) is 0 Å². The average molecular weight is 753 g/mol. The number of benzene rings is 10. The third-order valence-electron chi connectivity index (χ3n) is 11.9. The second kappa shape index (κ2) is 13.4. The lowest BCUT2D eigenvalue weighted by atomic mass is 9.91. The van der Waals surface area contributed by atoms with E-state index in [-0.39, 0.29) is 0 Å². The maximum Gasteiger partial charge on any atom is 0.135 e. The SMILES string of the molecule is c1ccc(-c2cccc3cccc(-c4ccc(N(c5ccc6oc7ccccc7c6c5)c5cccc6c7cc8ccccc8cc7n(-c7ccccc7)c56)cc4)c23)cc1. The van der Waals surface area contributed by atoms with E-state index in [4.69, 9.17) is 4.42 Å². The molecule has 0 fully saturated rings. The van der Waals surface area contributed by atoms with Crippen molar-refractivity contribution >= 4 is 82.4 Å². The molecular formula is C56H36N2O. The van der Waals surface area contributed by atoms with Gasteiger partial charge in [-0.1, -0.05) is 152 Å². The molecule has 0 atom stereocenters. The maximum atomic E-state index is 6.34. The Labute approximate surface area is 341 Å². The standard InChI is InChI=1S/C56H36N2O/c1-3-14-37(15-4-1)45-23-11-18-39-19-12-24-46(55(39)45)38-28-30-43(31-29-38)57(44-32-33-54-50(36-44)47-22-9-10-27-53(47)59-54)51-26-13-25-48-49-34-40-16-7-8-17-41(40)35-52(49)58(56(48)51)42-20-5-2-6-21-42/h1-36H. The Morgan fingerprint density at radius 3 is 1.75 bits per heavy atom. The lowest BCUT2D eigenvalue weighted by Gasteiger charge is -2.27. The van der Waals surface area contributed by atoms with Gasteiger partial charge in [-0.05, 0) is 111 Å². The van der Waals surface area contributed by atoms with Gasteiger partial charge in [0.05, 0.1) is 16.7 Å². The van der Waals surface area contributed by atoms with E-state index >= 15 is 0 Å². The van der Waals surface area contributed by atoms with Crippen LogP contribution >= 0.6 is 0 Å². The highest BCUT2D eigenvalue weighted by Gasteiger charge is 2.23. The largest absolute Gasteiger partial charge is 0.456 e. The second-order valence-corrected chi connectivity index (χ2v) is 15.3. The van der Waals surface area contributed by atoms with Crippen molar-refractivity contribution in [3.8, 4) is 27.9 Å². The van der Waals surface area contributed by atoms with Crippen LogP contribution in [-0.4, -0.2) is 4.57 Å².